The smallest absolute Gasteiger partial charge is 0.191 e. The van der Waals surface area contributed by atoms with E-state index in [0.29, 0.717) is 6.54 Å². The van der Waals surface area contributed by atoms with Crippen LogP contribution in [0.15, 0.2) is 33.9 Å². The van der Waals surface area contributed by atoms with Crippen molar-refractivity contribution in [2.75, 3.05) is 32.7 Å². The van der Waals surface area contributed by atoms with Gasteiger partial charge in [-0.3, -0.25) is 14.6 Å². The maximum absolute atomic E-state index is 5.70. The molecule has 0 aromatic carbocycles. The summed E-state index contributed by atoms with van der Waals surface area (Å²) in [6, 6.07) is 6.35. The van der Waals surface area contributed by atoms with Gasteiger partial charge in [-0.25, -0.2) is 0 Å². The maximum Gasteiger partial charge on any atom is 0.191 e. The van der Waals surface area contributed by atoms with Gasteiger partial charge in [0.2, 0.25) is 0 Å². The Hall–Kier alpha value is -1.55. The zero-order valence-electron chi connectivity index (χ0n) is 17.9. The predicted octanol–water partition coefficient (Wildman–Crippen LogP) is 3.49. The van der Waals surface area contributed by atoms with E-state index in [0.717, 1.165) is 56.6 Å². The number of nitrogens with one attached hydrogen (secondary N) is 2. The number of furan rings is 1. The molecule has 0 radical (unpaired) electrons. The number of nitrogens with zero attached hydrogens (tertiary/aromatic N) is 4. The summed E-state index contributed by atoms with van der Waals surface area (Å²) in [7, 11) is 0. The number of guanidine groups is 1. The van der Waals surface area contributed by atoms with E-state index in [4.69, 9.17) is 9.41 Å². The minimum atomic E-state index is 0. The molecule has 1 atom stereocenters. The first kappa shape index (κ1) is 23.7. The van der Waals surface area contributed by atoms with E-state index in [2.05, 4.69) is 51.3 Å². The molecule has 0 spiro atoms. The summed E-state index contributed by atoms with van der Waals surface area (Å²) in [5.74, 6) is 1.87. The highest BCUT2D eigenvalue weighted by molar-refractivity contribution is 14.0. The maximum atomic E-state index is 5.70. The summed E-state index contributed by atoms with van der Waals surface area (Å²) in [5.41, 5.74) is 2.29. The van der Waals surface area contributed by atoms with Crippen LogP contribution in [0.2, 0.25) is 0 Å². The van der Waals surface area contributed by atoms with Crippen molar-refractivity contribution in [3.8, 4) is 0 Å². The van der Waals surface area contributed by atoms with Gasteiger partial charge in [0.1, 0.15) is 5.76 Å². The van der Waals surface area contributed by atoms with Gasteiger partial charge in [0.05, 0.1) is 24.5 Å². The van der Waals surface area contributed by atoms with Crippen LogP contribution in [0, 0.1) is 13.8 Å². The average molecular weight is 514 g/mol. The molecule has 0 amide bonds. The molecule has 2 aromatic heterocycles. The molecule has 3 heterocycles. The summed E-state index contributed by atoms with van der Waals surface area (Å²) in [6.07, 6.45) is 5.27. The topological polar surface area (TPSA) is 70.6 Å². The lowest BCUT2D eigenvalue weighted by atomic mass is 10.2. The third-order valence-corrected chi connectivity index (χ3v) is 5.16. The molecule has 162 valence electrons. The van der Waals surface area contributed by atoms with E-state index in [1.165, 1.54) is 18.5 Å². The van der Waals surface area contributed by atoms with Gasteiger partial charge in [0, 0.05) is 25.3 Å². The van der Waals surface area contributed by atoms with Crippen LogP contribution in [0.25, 0.3) is 0 Å². The lowest BCUT2D eigenvalue weighted by Crippen LogP contribution is -2.39. The Morgan fingerprint density at radius 2 is 2.07 bits per heavy atom. The van der Waals surface area contributed by atoms with E-state index in [9.17, 15) is 0 Å². The molecule has 1 unspecified atom stereocenters. The average Bonchev–Trinajstić information content (AvgIpc) is 3.42. The summed E-state index contributed by atoms with van der Waals surface area (Å²) in [5, 5.41) is 11.3. The highest BCUT2D eigenvalue weighted by Gasteiger charge is 2.25. The zero-order chi connectivity index (χ0) is 19.8. The molecule has 3 rings (SSSR count). The van der Waals surface area contributed by atoms with Crippen LogP contribution in [-0.2, 0) is 6.54 Å². The highest BCUT2D eigenvalue weighted by atomic mass is 127. The summed E-state index contributed by atoms with van der Waals surface area (Å²) < 4.78 is 7.77. The van der Waals surface area contributed by atoms with E-state index >= 15 is 0 Å². The molecule has 29 heavy (non-hydrogen) atoms. The number of likely N-dealkylation sites (tertiary alicyclic amines) is 1. The Balaban J connectivity index is 0.00000300. The standard InChI is InChI=1S/C21H34N6O.HI/c1-4-22-21(23-10-8-13-27-18(3)15-17(2)25-27)24-16-19(20-9-7-14-28-20)26-11-5-6-12-26;/h7,9,14-15,19H,4-6,8,10-13,16H2,1-3H3,(H2,22,23,24);1H. The lowest BCUT2D eigenvalue weighted by molar-refractivity contribution is 0.221. The Morgan fingerprint density at radius 1 is 1.28 bits per heavy atom. The monoisotopic (exact) mass is 514 g/mol. The van der Waals surface area contributed by atoms with Gasteiger partial charge in [-0.2, -0.15) is 5.10 Å². The third-order valence-electron chi connectivity index (χ3n) is 5.16. The van der Waals surface area contributed by atoms with Crippen LogP contribution in [0.4, 0.5) is 0 Å². The van der Waals surface area contributed by atoms with Crippen LogP contribution in [-0.4, -0.2) is 53.4 Å². The second kappa shape index (κ2) is 12.2. The van der Waals surface area contributed by atoms with Crippen LogP contribution in [0.3, 0.4) is 0 Å². The largest absolute Gasteiger partial charge is 0.468 e. The number of aliphatic imine (C=N–C) groups is 1. The summed E-state index contributed by atoms with van der Waals surface area (Å²) >= 11 is 0. The van der Waals surface area contributed by atoms with Gasteiger partial charge in [0.15, 0.2) is 5.96 Å². The SMILES string of the molecule is CCNC(=NCC(c1ccco1)N1CCCC1)NCCCn1nc(C)cc1C.I. The second-order valence-corrected chi connectivity index (χ2v) is 7.42. The van der Waals surface area contributed by atoms with E-state index in [1.807, 2.05) is 13.0 Å². The van der Waals surface area contributed by atoms with Crippen molar-refractivity contribution in [2.45, 2.75) is 52.6 Å². The molecule has 0 bridgehead atoms. The molecule has 1 saturated heterocycles. The summed E-state index contributed by atoms with van der Waals surface area (Å²) in [4.78, 5) is 7.33. The first-order valence-corrected chi connectivity index (χ1v) is 10.5. The molecular formula is C21H35IN6O. The van der Waals surface area contributed by atoms with Crippen molar-refractivity contribution in [1.82, 2.24) is 25.3 Å². The molecule has 7 nitrogen and oxygen atoms in total. The van der Waals surface area contributed by atoms with Crippen molar-refractivity contribution in [1.29, 1.82) is 0 Å². The number of aromatic nitrogens is 2. The molecule has 0 saturated carbocycles. The van der Waals surface area contributed by atoms with Gasteiger partial charge in [-0.15, -0.1) is 24.0 Å². The van der Waals surface area contributed by atoms with Gasteiger partial charge in [-0.05, 0) is 71.3 Å². The van der Waals surface area contributed by atoms with Crippen LogP contribution >= 0.6 is 24.0 Å². The Labute approximate surface area is 191 Å². The van der Waals surface area contributed by atoms with Crippen molar-refractivity contribution in [3.05, 3.63) is 41.6 Å². The first-order valence-electron chi connectivity index (χ1n) is 10.5. The molecule has 1 aliphatic heterocycles. The molecule has 0 aliphatic carbocycles. The number of halogens is 1. The summed E-state index contributed by atoms with van der Waals surface area (Å²) in [6.45, 7) is 11.8. The number of rotatable bonds is 9. The second-order valence-electron chi connectivity index (χ2n) is 7.42. The van der Waals surface area contributed by atoms with Crippen LogP contribution in [0.1, 0.15) is 49.4 Å². The van der Waals surface area contributed by atoms with E-state index in [1.54, 1.807) is 6.26 Å². The van der Waals surface area contributed by atoms with Gasteiger partial charge < -0.3 is 15.1 Å². The number of hydrogen-bond acceptors (Lipinski definition) is 4. The third kappa shape index (κ3) is 7.02. The number of hydrogen-bond donors (Lipinski definition) is 2. The minimum Gasteiger partial charge on any atom is -0.468 e. The quantitative estimate of drug-likeness (QED) is 0.232. The highest BCUT2D eigenvalue weighted by Crippen LogP contribution is 2.25. The van der Waals surface area contributed by atoms with Crippen molar-refractivity contribution < 1.29 is 4.42 Å². The normalized spacial score (nSPS) is 15.9. The predicted molar refractivity (Wildman–Crippen MR) is 128 cm³/mol. The van der Waals surface area contributed by atoms with Gasteiger partial charge >= 0.3 is 0 Å². The minimum absolute atomic E-state index is 0. The van der Waals surface area contributed by atoms with E-state index < -0.39 is 0 Å². The zero-order valence-corrected chi connectivity index (χ0v) is 20.2. The van der Waals surface area contributed by atoms with Crippen molar-refractivity contribution in [2.24, 2.45) is 4.99 Å². The van der Waals surface area contributed by atoms with Gasteiger partial charge in [0.25, 0.3) is 0 Å². The Bertz CT molecular complexity index is 736. The fourth-order valence-corrected chi connectivity index (χ4v) is 3.78. The van der Waals surface area contributed by atoms with Crippen LogP contribution in [0.5, 0.6) is 0 Å². The molecule has 1 fully saturated rings. The fraction of sp³-hybridized carbons (Fsp3) is 0.619. The molecule has 2 N–H and O–H groups in total. The molecule has 1 aliphatic rings. The van der Waals surface area contributed by atoms with Crippen molar-refractivity contribution in [3.63, 3.8) is 0 Å². The molecular weight excluding hydrogens is 479 g/mol. The van der Waals surface area contributed by atoms with Gasteiger partial charge in [-0.1, -0.05) is 0 Å². The molecule has 2 aromatic rings. The lowest BCUT2D eigenvalue weighted by Gasteiger charge is -2.24. The van der Waals surface area contributed by atoms with E-state index in [-0.39, 0.29) is 30.0 Å². The molecule has 8 heteroatoms. The Kier molecular flexibility index (Phi) is 9.99. The van der Waals surface area contributed by atoms with Crippen molar-refractivity contribution >= 4 is 29.9 Å². The number of aryl methyl sites for hydroxylation is 3. The fourth-order valence-electron chi connectivity index (χ4n) is 3.78. The first-order chi connectivity index (χ1) is 13.7. The Morgan fingerprint density at radius 3 is 2.69 bits per heavy atom. The van der Waals surface area contributed by atoms with Crippen LogP contribution < -0.4 is 10.6 Å².